The van der Waals surface area contributed by atoms with Crippen molar-refractivity contribution in [2.75, 3.05) is 26.6 Å². The third-order valence-corrected chi connectivity index (χ3v) is 8.30. The predicted molar refractivity (Wildman–Crippen MR) is 139 cm³/mol. The maximum Gasteiger partial charge on any atom is 0.311 e. The van der Waals surface area contributed by atoms with Gasteiger partial charge < -0.3 is 19.5 Å². The molecular weight excluding hydrogens is 520 g/mol. The molecule has 1 heterocycles. The van der Waals surface area contributed by atoms with E-state index >= 15 is 0 Å². The van der Waals surface area contributed by atoms with Crippen LogP contribution < -0.4 is 19.5 Å². The lowest BCUT2D eigenvalue weighted by Gasteiger charge is -2.20. The second-order valence-corrected chi connectivity index (χ2v) is 10.9. The van der Waals surface area contributed by atoms with Gasteiger partial charge in [-0.15, -0.1) is 0 Å². The summed E-state index contributed by atoms with van der Waals surface area (Å²) in [4.78, 5) is 24.5. The van der Waals surface area contributed by atoms with Gasteiger partial charge in [-0.1, -0.05) is 23.9 Å². The summed E-state index contributed by atoms with van der Waals surface area (Å²) in [5.41, 5.74) is 0.960. The average Bonchev–Trinajstić information content (AvgIpc) is 2.88. The van der Waals surface area contributed by atoms with Crippen molar-refractivity contribution in [2.24, 2.45) is 0 Å². The van der Waals surface area contributed by atoms with Crippen molar-refractivity contribution in [1.29, 1.82) is 0 Å². The van der Waals surface area contributed by atoms with Crippen LogP contribution in [0.25, 0.3) is 6.08 Å². The number of hydrogen-bond donors (Lipinski definition) is 1. The van der Waals surface area contributed by atoms with Crippen LogP contribution in [-0.2, 0) is 20.4 Å². The molecule has 0 saturated carbocycles. The number of carbonyl (C=O) groups excluding carboxylic acids is 1. The Kier molecular flexibility index (Phi) is 7.41. The summed E-state index contributed by atoms with van der Waals surface area (Å²) in [6, 6.07) is 13.9. The van der Waals surface area contributed by atoms with Crippen LogP contribution in [0.2, 0.25) is 0 Å². The minimum absolute atomic E-state index is 0.0262. The van der Waals surface area contributed by atoms with Crippen LogP contribution in [-0.4, -0.2) is 40.6 Å². The molecule has 0 aromatic heterocycles. The Labute approximate surface area is 217 Å². The molecule has 1 aliphatic heterocycles. The van der Waals surface area contributed by atoms with Crippen molar-refractivity contribution in [1.82, 2.24) is 0 Å². The van der Waals surface area contributed by atoms with Crippen molar-refractivity contribution in [3.8, 4) is 17.2 Å². The van der Waals surface area contributed by atoms with Crippen LogP contribution in [0.4, 0.5) is 11.4 Å². The standard InChI is InChI=1S/C25H22N2O8S2/c1-33-20-5-4-6-21(34-2)17(20)14-37(31,32)16-8-10-23-18(13-16)26-25(28)24(36-23)12-15-7-9-22(35-3)19(11-15)27(29)30/h4-13H,14H2,1-3H3,(H,26,28)/b24-12-. The highest BCUT2D eigenvalue weighted by molar-refractivity contribution is 8.04. The van der Waals surface area contributed by atoms with Crippen LogP contribution in [0, 0.1) is 10.1 Å². The highest BCUT2D eigenvalue weighted by Crippen LogP contribution is 2.41. The molecule has 0 bridgehead atoms. The Morgan fingerprint density at radius 2 is 1.65 bits per heavy atom. The number of fused-ring (bicyclic) bond motifs is 1. The summed E-state index contributed by atoms with van der Waals surface area (Å²) >= 11 is 1.13. The minimum Gasteiger partial charge on any atom is -0.496 e. The van der Waals surface area contributed by atoms with E-state index < -0.39 is 20.7 Å². The van der Waals surface area contributed by atoms with Crippen LogP contribution >= 0.6 is 11.8 Å². The summed E-state index contributed by atoms with van der Waals surface area (Å²) in [6.07, 6.45) is 1.52. The summed E-state index contributed by atoms with van der Waals surface area (Å²) in [7, 11) is 0.415. The highest BCUT2D eigenvalue weighted by Gasteiger charge is 2.26. The molecule has 1 aliphatic rings. The second kappa shape index (κ2) is 10.5. The normalized spacial score (nSPS) is 14.0. The maximum atomic E-state index is 13.2. The third kappa shape index (κ3) is 5.39. The number of ether oxygens (including phenoxy) is 3. The fourth-order valence-electron chi connectivity index (χ4n) is 3.77. The molecule has 0 unspecified atom stereocenters. The molecule has 0 atom stereocenters. The van der Waals surface area contributed by atoms with Crippen LogP contribution in [0.1, 0.15) is 11.1 Å². The Hall–Kier alpha value is -4.03. The summed E-state index contributed by atoms with van der Waals surface area (Å²) in [6.45, 7) is 0. The molecule has 3 aromatic carbocycles. The van der Waals surface area contributed by atoms with E-state index in [0.717, 1.165) is 11.8 Å². The van der Waals surface area contributed by atoms with Crippen molar-refractivity contribution >= 4 is 45.0 Å². The average molecular weight is 543 g/mol. The van der Waals surface area contributed by atoms with Crippen molar-refractivity contribution < 1.29 is 32.3 Å². The monoisotopic (exact) mass is 542 g/mol. The van der Waals surface area contributed by atoms with Gasteiger partial charge in [-0.2, -0.15) is 0 Å². The number of amides is 1. The molecule has 12 heteroatoms. The molecule has 0 saturated heterocycles. The van der Waals surface area contributed by atoms with Crippen LogP contribution in [0.3, 0.4) is 0 Å². The zero-order valence-electron chi connectivity index (χ0n) is 20.0. The van der Waals surface area contributed by atoms with Gasteiger partial charge in [0.1, 0.15) is 11.5 Å². The SMILES string of the molecule is COc1ccc(/C=C2\Sc3ccc(S(=O)(=O)Cc4c(OC)cccc4OC)cc3NC2=O)cc1[N+](=O)[O-]. The van der Waals surface area contributed by atoms with Gasteiger partial charge in [0.2, 0.25) is 0 Å². The van der Waals surface area contributed by atoms with Crippen molar-refractivity contribution in [3.63, 3.8) is 0 Å². The number of hydrogen-bond acceptors (Lipinski definition) is 9. The predicted octanol–water partition coefficient (Wildman–Crippen LogP) is 4.68. The summed E-state index contributed by atoms with van der Waals surface area (Å²) in [5.74, 6) is 0.0628. The molecule has 1 N–H and O–H groups in total. The molecule has 4 rings (SSSR count). The number of nitro benzene ring substituents is 1. The zero-order chi connectivity index (χ0) is 26.7. The maximum absolute atomic E-state index is 13.2. The van der Waals surface area contributed by atoms with E-state index in [4.69, 9.17) is 14.2 Å². The number of carbonyl (C=O) groups is 1. The van der Waals surface area contributed by atoms with E-state index in [2.05, 4.69) is 5.32 Å². The van der Waals surface area contributed by atoms with E-state index in [9.17, 15) is 23.3 Å². The lowest BCUT2D eigenvalue weighted by atomic mass is 10.1. The smallest absolute Gasteiger partial charge is 0.311 e. The fourth-order valence-corrected chi connectivity index (χ4v) is 6.10. The van der Waals surface area contributed by atoms with Gasteiger partial charge in [0, 0.05) is 11.0 Å². The second-order valence-electron chi connectivity index (χ2n) is 7.81. The quantitative estimate of drug-likeness (QED) is 0.245. The topological polar surface area (TPSA) is 134 Å². The van der Waals surface area contributed by atoms with E-state index in [-0.39, 0.29) is 22.1 Å². The van der Waals surface area contributed by atoms with E-state index in [1.807, 2.05) is 0 Å². The molecular formula is C25H22N2O8S2. The first-order valence-electron chi connectivity index (χ1n) is 10.8. The molecule has 0 aliphatic carbocycles. The minimum atomic E-state index is -3.82. The largest absolute Gasteiger partial charge is 0.496 e. The number of methoxy groups -OCH3 is 3. The third-order valence-electron chi connectivity index (χ3n) is 5.56. The van der Waals surface area contributed by atoms with Gasteiger partial charge in [0.25, 0.3) is 5.91 Å². The van der Waals surface area contributed by atoms with Crippen molar-refractivity contribution in [3.05, 3.63) is 80.7 Å². The summed E-state index contributed by atoms with van der Waals surface area (Å²) < 4.78 is 42.1. The van der Waals surface area contributed by atoms with E-state index in [0.29, 0.717) is 38.1 Å². The van der Waals surface area contributed by atoms with Crippen LogP contribution in [0.5, 0.6) is 17.2 Å². The summed E-state index contributed by atoms with van der Waals surface area (Å²) in [5, 5.41) is 14.0. The van der Waals surface area contributed by atoms with Gasteiger partial charge >= 0.3 is 5.69 Å². The zero-order valence-corrected chi connectivity index (χ0v) is 21.6. The first-order valence-corrected chi connectivity index (χ1v) is 13.2. The van der Waals surface area contributed by atoms with Crippen molar-refractivity contribution in [2.45, 2.75) is 15.5 Å². The number of anilines is 1. The highest BCUT2D eigenvalue weighted by atomic mass is 32.2. The molecule has 10 nitrogen and oxygen atoms in total. The Balaban J connectivity index is 1.63. The number of benzene rings is 3. The number of nitrogens with one attached hydrogen (secondary N) is 1. The number of sulfone groups is 1. The first kappa shape index (κ1) is 26.0. The molecule has 0 radical (unpaired) electrons. The van der Waals surface area contributed by atoms with Gasteiger partial charge in [-0.25, -0.2) is 8.42 Å². The number of nitrogens with zero attached hydrogens (tertiary/aromatic N) is 1. The van der Waals surface area contributed by atoms with E-state index in [1.54, 1.807) is 30.3 Å². The Bertz CT molecular complexity index is 1510. The van der Waals surface area contributed by atoms with Gasteiger partial charge in [0.15, 0.2) is 15.6 Å². The molecule has 3 aromatic rings. The molecule has 37 heavy (non-hydrogen) atoms. The molecule has 0 fully saturated rings. The van der Waals surface area contributed by atoms with Crippen LogP contribution in [0.15, 0.2) is 69.3 Å². The number of nitro groups is 1. The Morgan fingerprint density at radius 1 is 0.973 bits per heavy atom. The Morgan fingerprint density at radius 3 is 2.27 bits per heavy atom. The lowest BCUT2D eigenvalue weighted by molar-refractivity contribution is -0.385. The molecule has 192 valence electrons. The lowest BCUT2D eigenvalue weighted by Crippen LogP contribution is -2.18. The molecule has 1 amide bonds. The first-order chi connectivity index (χ1) is 17.7. The van der Waals surface area contributed by atoms with Gasteiger partial charge in [-0.3, -0.25) is 14.9 Å². The van der Waals surface area contributed by atoms with E-state index in [1.165, 1.54) is 51.7 Å². The number of rotatable bonds is 8. The van der Waals surface area contributed by atoms with Gasteiger partial charge in [-0.05, 0) is 48.0 Å². The van der Waals surface area contributed by atoms with Gasteiger partial charge in [0.05, 0.1) is 53.1 Å². The fraction of sp³-hybridized carbons (Fsp3) is 0.160. The molecule has 0 spiro atoms. The number of thioether (sulfide) groups is 1.